The van der Waals surface area contributed by atoms with Gasteiger partial charge < -0.3 is 81.0 Å². The molecule has 0 bridgehead atoms. The molecule has 0 aliphatic carbocycles. The first-order valence-electron chi connectivity index (χ1n) is 34.6. The van der Waals surface area contributed by atoms with Crippen LogP contribution in [-0.2, 0) is 32.2 Å². The van der Waals surface area contributed by atoms with Crippen molar-refractivity contribution in [3.8, 4) is 86.1 Å². The summed E-state index contributed by atoms with van der Waals surface area (Å²) < 4.78 is 68.0. The summed E-state index contributed by atoms with van der Waals surface area (Å²) in [6, 6.07) is 46.4. The standard InChI is InChI=1S/C20H17N3O4.C18H13N3O3.C12H8N2O2.2C9H11NO3.C8H9NO4.C7H7NO2/c1-24-13-26-17-5-4-15(22-11-17)12-25-16-6-7-19-18(9-16)23-20(27-19)14-3-2-8-21-10-14;22-14-4-3-13(20-10-14)11-23-15-5-6-17-16(8-15)21-18(24-17)12-2-1-7-19-9-12;15-9-3-4-11-10(6-9)14-12(16-11)8-2-1-5-13-7-8;2*1-7(11)9-4-3-8(5-10-9)13-6-12-2;1-12-5-13-6-2-3-7(8(10)11)9-4-6;1-5(9)7-3-2-6(10)4-8-7/h2-11H,12-13H2,1H3;1-10,22H,11H2;1-7,15H;2*3-5H,6H2,1-2H3;2-4H,5H2,1H3,(H,10,11);2-4,10H,1H3. The molecular weight excluding hydrogens is 1500 g/mol. The van der Waals surface area contributed by atoms with Gasteiger partial charge in [0.15, 0.2) is 61.3 Å². The SMILES string of the molecule is CC(=O)c1ccc(O)cn1.COCOc1ccc(C(=O)O)nc1.COCOc1ccc(C(C)=O)nc1.COCOc1ccc(C(C)=O)nc1.COCOc1ccc(COc2ccc3oc(-c4cccnc4)nc3c2)nc1.Oc1ccc(COc2ccc3oc(-c4cccnc4)nc3c2)nc1.Oc1ccc2oc(-c3cccnc3)nc2c1. The molecule has 0 unspecified atom stereocenters. The zero-order valence-electron chi connectivity index (χ0n) is 63.4. The molecule has 15 rings (SSSR count). The van der Waals surface area contributed by atoms with Crippen LogP contribution in [0.4, 0.5) is 0 Å². The number of oxazole rings is 3. The predicted octanol–water partition coefficient (Wildman–Crippen LogP) is 14.3. The number of carboxylic acids is 1. The van der Waals surface area contributed by atoms with Gasteiger partial charge in [-0.2, -0.15) is 0 Å². The van der Waals surface area contributed by atoms with E-state index in [2.05, 4.69) is 64.5 Å². The first-order chi connectivity index (χ1) is 56.3. The predicted molar refractivity (Wildman–Crippen MR) is 418 cm³/mol. The van der Waals surface area contributed by atoms with E-state index in [9.17, 15) is 29.4 Å². The van der Waals surface area contributed by atoms with Gasteiger partial charge in [0.05, 0.1) is 65.3 Å². The van der Waals surface area contributed by atoms with Crippen molar-refractivity contribution in [2.24, 2.45) is 0 Å². The quantitative estimate of drug-likeness (QED) is 0.0305. The number of aromatic hydroxyl groups is 3. The van der Waals surface area contributed by atoms with Gasteiger partial charge in [0, 0.05) is 105 Å². The van der Waals surface area contributed by atoms with Crippen molar-refractivity contribution in [1.29, 1.82) is 0 Å². The number of nitrogens with zero attached hydrogens (tertiary/aromatic N) is 12. The molecule has 3 aromatic carbocycles. The Labute approximate surface area is 661 Å². The number of aromatic nitrogens is 12. The number of carbonyl (C=O) groups excluding carboxylic acids is 3. The smallest absolute Gasteiger partial charge is 0.354 e. The number of phenols is 1. The molecule has 0 atom stereocenters. The van der Waals surface area contributed by atoms with Gasteiger partial charge in [-0.3, -0.25) is 39.3 Å². The maximum absolute atomic E-state index is 10.8. The molecule has 0 fully saturated rings. The number of carboxylic acid groups (broad SMARTS) is 1. The Morgan fingerprint density at radius 1 is 0.328 bits per heavy atom. The van der Waals surface area contributed by atoms with Crippen molar-refractivity contribution >= 4 is 56.6 Å². The summed E-state index contributed by atoms with van der Waals surface area (Å²) in [4.78, 5) is 91.6. The van der Waals surface area contributed by atoms with Crippen molar-refractivity contribution in [2.45, 2.75) is 34.0 Å². The largest absolute Gasteiger partial charge is 0.508 e. The van der Waals surface area contributed by atoms with E-state index in [0.717, 1.165) is 33.6 Å². The number of phenolic OH excluding ortho intramolecular Hbond substituents is 1. The van der Waals surface area contributed by atoms with Crippen LogP contribution in [0.3, 0.4) is 0 Å². The molecule has 12 aromatic heterocycles. The maximum atomic E-state index is 10.8. The lowest BCUT2D eigenvalue weighted by Gasteiger charge is -2.07. The molecular formula is C83H76N12O21. The third-order valence-corrected chi connectivity index (χ3v) is 14.8. The number of benzene rings is 3. The highest BCUT2D eigenvalue weighted by Crippen LogP contribution is 2.30. The molecule has 15 aromatic rings. The lowest BCUT2D eigenvalue weighted by Crippen LogP contribution is -2.02. The second-order valence-electron chi connectivity index (χ2n) is 23.5. The minimum atomic E-state index is -1.06. The van der Waals surface area contributed by atoms with E-state index in [1.54, 1.807) is 105 Å². The normalized spacial score (nSPS) is 10.3. The topological polar surface area (TPSA) is 436 Å². The van der Waals surface area contributed by atoms with Crippen LogP contribution in [0.15, 0.2) is 251 Å². The van der Waals surface area contributed by atoms with Gasteiger partial charge in [-0.15, -0.1) is 0 Å². The van der Waals surface area contributed by atoms with Gasteiger partial charge in [0.2, 0.25) is 17.7 Å². The number of carbonyl (C=O) groups is 4. The molecule has 0 aliphatic rings. The highest BCUT2D eigenvalue weighted by molar-refractivity contribution is 5.93. The van der Waals surface area contributed by atoms with E-state index in [1.807, 2.05) is 84.9 Å². The van der Waals surface area contributed by atoms with Gasteiger partial charge in [-0.05, 0) is 146 Å². The Morgan fingerprint density at radius 3 is 0.948 bits per heavy atom. The molecule has 0 saturated heterocycles. The van der Waals surface area contributed by atoms with E-state index < -0.39 is 5.97 Å². The second-order valence-corrected chi connectivity index (χ2v) is 23.5. The van der Waals surface area contributed by atoms with E-state index >= 15 is 0 Å². The lowest BCUT2D eigenvalue weighted by atomic mass is 10.3. The van der Waals surface area contributed by atoms with Crippen molar-refractivity contribution < 1.29 is 100 Å². The first kappa shape index (κ1) is 85.0. The number of hydrogen-bond acceptors (Lipinski definition) is 32. The molecule has 0 saturated carbocycles. The van der Waals surface area contributed by atoms with Crippen LogP contribution in [0.1, 0.15) is 74.1 Å². The van der Waals surface area contributed by atoms with Crippen LogP contribution >= 0.6 is 0 Å². The number of hydrogen-bond donors (Lipinski definition) is 4. The minimum Gasteiger partial charge on any atom is -0.508 e. The zero-order chi connectivity index (χ0) is 82.4. The zero-order valence-corrected chi connectivity index (χ0v) is 63.4. The summed E-state index contributed by atoms with van der Waals surface area (Å²) in [5, 5.41) is 35.8. The summed E-state index contributed by atoms with van der Waals surface area (Å²) in [5.74, 6) is 4.34. The number of methoxy groups -OCH3 is 4. The maximum Gasteiger partial charge on any atom is 0.354 e. The number of pyridine rings is 9. The molecule has 116 heavy (non-hydrogen) atoms. The molecule has 0 spiro atoms. The molecule has 594 valence electrons. The van der Waals surface area contributed by atoms with Crippen molar-refractivity contribution in [1.82, 2.24) is 59.8 Å². The number of aromatic carboxylic acids is 1. The van der Waals surface area contributed by atoms with Crippen LogP contribution in [0.5, 0.6) is 51.7 Å². The molecule has 33 heteroatoms. The fraction of sp³-hybridized carbons (Fsp3) is 0.157. The number of ketones is 3. The summed E-state index contributed by atoms with van der Waals surface area (Å²) in [7, 11) is 6.15. The molecule has 0 radical (unpaired) electrons. The van der Waals surface area contributed by atoms with Crippen molar-refractivity contribution in [3.63, 3.8) is 0 Å². The summed E-state index contributed by atoms with van der Waals surface area (Å²) in [6.45, 7) is 5.68. The van der Waals surface area contributed by atoms with Crippen LogP contribution in [-0.4, -0.2) is 159 Å². The Morgan fingerprint density at radius 2 is 0.638 bits per heavy atom. The first-order valence-corrected chi connectivity index (χ1v) is 34.6. The third-order valence-electron chi connectivity index (χ3n) is 14.8. The van der Waals surface area contributed by atoms with E-state index in [4.69, 9.17) is 66.1 Å². The lowest BCUT2D eigenvalue weighted by molar-refractivity contribution is 0.0506. The average molecular weight is 1580 g/mol. The van der Waals surface area contributed by atoms with E-state index in [1.165, 1.54) is 97.4 Å². The van der Waals surface area contributed by atoms with Gasteiger partial charge in [-0.1, -0.05) is 0 Å². The second kappa shape index (κ2) is 44.7. The highest BCUT2D eigenvalue weighted by Gasteiger charge is 2.14. The van der Waals surface area contributed by atoms with Gasteiger partial charge in [-0.25, -0.2) is 39.7 Å². The summed E-state index contributed by atoms with van der Waals surface area (Å²) >= 11 is 0. The minimum absolute atomic E-state index is 0.00948. The number of fused-ring (bicyclic) bond motifs is 3. The molecule has 0 aliphatic heterocycles. The third kappa shape index (κ3) is 27.5. The Hall–Kier alpha value is -15.1. The van der Waals surface area contributed by atoms with E-state index in [-0.39, 0.29) is 67.5 Å². The molecule has 0 amide bonds. The van der Waals surface area contributed by atoms with Crippen LogP contribution < -0.4 is 28.4 Å². The number of Topliss-reactive ketones (excluding diaryl/α,β-unsaturated/α-hetero) is 3. The van der Waals surface area contributed by atoms with Crippen LogP contribution in [0.2, 0.25) is 0 Å². The highest BCUT2D eigenvalue weighted by atomic mass is 16.7. The average Bonchev–Trinajstić information content (AvgIpc) is 1.68. The van der Waals surface area contributed by atoms with Crippen LogP contribution in [0.25, 0.3) is 67.7 Å². The summed E-state index contributed by atoms with van der Waals surface area (Å²) in [6.07, 6.45) is 18.8. The number of rotatable bonds is 25. The van der Waals surface area contributed by atoms with E-state index in [0.29, 0.717) is 110 Å². The molecule has 4 N–H and O–H groups in total. The Kier molecular flexibility index (Phi) is 32.7. The van der Waals surface area contributed by atoms with Gasteiger partial charge in [0.25, 0.3) is 0 Å². The van der Waals surface area contributed by atoms with Crippen LogP contribution in [0, 0.1) is 0 Å². The number of ether oxygens (including phenoxy) is 10. The van der Waals surface area contributed by atoms with Crippen molar-refractivity contribution in [2.75, 3.05) is 55.6 Å². The fourth-order valence-corrected chi connectivity index (χ4v) is 9.19. The Bertz CT molecular complexity index is 5380. The van der Waals surface area contributed by atoms with Gasteiger partial charge in [0.1, 0.15) is 104 Å². The fourth-order valence-electron chi connectivity index (χ4n) is 9.19. The molecule has 12 heterocycles. The molecule has 33 nitrogen and oxygen atoms in total. The monoisotopic (exact) mass is 1580 g/mol. The van der Waals surface area contributed by atoms with Crippen molar-refractivity contribution in [3.05, 3.63) is 272 Å². The Balaban J connectivity index is 0.000000159. The summed E-state index contributed by atoms with van der Waals surface area (Å²) in [5.41, 5.74) is 9.32. The van der Waals surface area contributed by atoms with Gasteiger partial charge >= 0.3 is 5.97 Å².